The van der Waals surface area contributed by atoms with E-state index in [0.717, 1.165) is 30.3 Å². The van der Waals surface area contributed by atoms with Crippen LogP contribution in [-0.2, 0) is 14.8 Å². The first kappa shape index (κ1) is 21.4. The molecule has 0 aromatic heterocycles. The Morgan fingerprint density at radius 1 is 1.20 bits per heavy atom. The average Bonchev–Trinajstić information content (AvgIpc) is 2.50. The van der Waals surface area contributed by atoms with Crippen LogP contribution in [-0.4, -0.2) is 58.7 Å². The molecule has 0 saturated carbocycles. The summed E-state index contributed by atoms with van der Waals surface area (Å²) in [5, 5.41) is 2.87. The number of hydrogen-bond acceptors (Lipinski definition) is 4. The van der Waals surface area contributed by atoms with Gasteiger partial charge in [-0.1, -0.05) is 13.0 Å². The maximum absolute atomic E-state index is 12.6. The van der Waals surface area contributed by atoms with E-state index in [9.17, 15) is 13.2 Å². The lowest BCUT2D eigenvalue weighted by Gasteiger charge is -2.30. The summed E-state index contributed by atoms with van der Waals surface area (Å²) in [6.45, 7) is 7.12. The molecule has 0 aliphatic rings. The third kappa shape index (κ3) is 6.32. The van der Waals surface area contributed by atoms with E-state index in [1.807, 2.05) is 51.9 Å². The maximum Gasteiger partial charge on any atom is 0.243 e. The van der Waals surface area contributed by atoms with Gasteiger partial charge in [0.1, 0.15) is 6.04 Å². The van der Waals surface area contributed by atoms with Crippen LogP contribution in [0.3, 0.4) is 0 Å². The summed E-state index contributed by atoms with van der Waals surface area (Å²) in [6, 6.07) is 4.70. The fourth-order valence-corrected chi connectivity index (χ4v) is 3.85. The molecule has 0 fully saturated rings. The molecule has 1 N–H and O–H groups in total. The average molecular weight is 370 g/mol. The van der Waals surface area contributed by atoms with Gasteiger partial charge in [-0.25, -0.2) is 8.42 Å². The van der Waals surface area contributed by atoms with Crippen molar-refractivity contribution in [3.05, 3.63) is 29.3 Å². The van der Waals surface area contributed by atoms with Gasteiger partial charge in [0.25, 0.3) is 0 Å². The fourth-order valence-electron chi connectivity index (χ4n) is 2.65. The van der Waals surface area contributed by atoms with Crippen LogP contribution in [0.2, 0.25) is 0 Å². The number of amides is 1. The van der Waals surface area contributed by atoms with Crippen LogP contribution in [0.5, 0.6) is 0 Å². The van der Waals surface area contributed by atoms with Crippen LogP contribution in [0.1, 0.15) is 30.9 Å². The monoisotopic (exact) mass is 369 g/mol. The van der Waals surface area contributed by atoms with Crippen LogP contribution in [0.15, 0.2) is 18.2 Å². The molecule has 1 amide bonds. The number of carbonyl (C=O) groups is 1. The van der Waals surface area contributed by atoms with Crippen molar-refractivity contribution >= 4 is 21.6 Å². The van der Waals surface area contributed by atoms with Crippen molar-refractivity contribution in [2.24, 2.45) is 0 Å². The molecule has 25 heavy (non-hydrogen) atoms. The van der Waals surface area contributed by atoms with Crippen molar-refractivity contribution in [2.75, 3.05) is 37.7 Å². The lowest BCUT2D eigenvalue weighted by molar-refractivity contribution is -0.122. The number of rotatable bonds is 9. The lowest BCUT2D eigenvalue weighted by atomic mass is 10.1. The normalized spacial score (nSPS) is 12.9. The van der Waals surface area contributed by atoms with Crippen molar-refractivity contribution in [1.29, 1.82) is 0 Å². The van der Waals surface area contributed by atoms with E-state index in [1.165, 1.54) is 4.31 Å². The van der Waals surface area contributed by atoms with Crippen molar-refractivity contribution in [2.45, 2.75) is 39.7 Å². The first-order valence-electron chi connectivity index (χ1n) is 8.57. The molecule has 1 rings (SSSR count). The van der Waals surface area contributed by atoms with E-state index in [4.69, 9.17) is 0 Å². The minimum Gasteiger partial charge on any atom is -0.354 e. The summed E-state index contributed by atoms with van der Waals surface area (Å²) < 4.78 is 26.0. The molecule has 7 heteroatoms. The minimum atomic E-state index is -3.58. The van der Waals surface area contributed by atoms with Crippen molar-refractivity contribution in [3.63, 3.8) is 0 Å². The van der Waals surface area contributed by atoms with Crippen LogP contribution in [0.25, 0.3) is 0 Å². The van der Waals surface area contributed by atoms with Gasteiger partial charge in [0.05, 0.1) is 11.9 Å². The van der Waals surface area contributed by atoms with Gasteiger partial charge in [0, 0.05) is 6.54 Å². The van der Waals surface area contributed by atoms with Crippen molar-refractivity contribution in [3.8, 4) is 0 Å². The summed E-state index contributed by atoms with van der Waals surface area (Å²) in [6.07, 6.45) is 2.36. The number of anilines is 1. The number of sulfonamides is 1. The maximum atomic E-state index is 12.6. The van der Waals surface area contributed by atoms with Crippen LogP contribution in [0.4, 0.5) is 5.69 Å². The van der Waals surface area contributed by atoms with Gasteiger partial charge < -0.3 is 10.2 Å². The molecule has 0 bridgehead atoms. The van der Waals surface area contributed by atoms with Gasteiger partial charge >= 0.3 is 0 Å². The predicted octanol–water partition coefficient (Wildman–Crippen LogP) is 1.92. The first-order valence-corrected chi connectivity index (χ1v) is 10.4. The number of aryl methyl sites for hydroxylation is 2. The highest BCUT2D eigenvalue weighted by Crippen LogP contribution is 2.25. The van der Waals surface area contributed by atoms with E-state index in [0.29, 0.717) is 18.7 Å². The van der Waals surface area contributed by atoms with E-state index >= 15 is 0 Å². The van der Waals surface area contributed by atoms with E-state index in [2.05, 4.69) is 5.32 Å². The molecular weight excluding hydrogens is 338 g/mol. The Morgan fingerprint density at radius 2 is 1.84 bits per heavy atom. The Hall–Kier alpha value is -1.60. The summed E-state index contributed by atoms with van der Waals surface area (Å²) in [4.78, 5) is 14.6. The van der Waals surface area contributed by atoms with Crippen molar-refractivity contribution < 1.29 is 13.2 Å². The molecule has 1 aromatic rings. The van der Waals surface area contributed by atoms with Gasteiger partial charge in [-0.2, -0.15) is 0 Å². The molecular formula is C18H31N3O3S. The topological polar surface area (TPSA) is 69.7 Å². The SMILES string of the molecule is CC[C@H](C(=O)NCCCN(C)C)N(c1ccc(C)c(C)c1)S(C)(=O)=O. The molecule has 0 saturated heterocycles. The lowest BCUT2D eigenvalue weighted by Crippen LogP contribution is -2.49. The van der Waals surface area contributed by atoms with Gasteiger partial charge in [-0.05, 0) is 70.6 Å². The highest BCUT2D eigenvalue weighted by Gasteiger charge is 2.31. The predicted molar refractivity (Wildman–Crippen MR) is 103 cm³/mol. The second-order valence-corrected chi connectivity index (χ2v) is 8.56. The van der Waals surface area contributed by atoms with E-state index in [1.54, 1.807) is 6.07 Å². The molecule has 1 atom stereocenters. The van der Waals surface area contributed by atoms with Crippen LogP contribution in [0, 0.1) is 13.8 Å². The van der Waals surface area contributed by atoms with Crippen molar-refractivity contribution in [1.82, 2.24) is 10.2 Å². The zero-order chi connectivity index (χ0) is 19.2. The quantitative estimate of drug-likeness (QED) is 0.675. The third-order valence-electron chi connectivity index (χ3n) is 4.16. The van der Waals surface area contributed by atoms with E-state index in [-0.39, 0.29) is 5.91 Å². The molecule has 0 aliphatic heterocycles. The Bertz CT molecular complexity index is 687. The standard InChI is InChI=1S/C18H31N3O3S/c1-7-17(18(22)19-11-8-12-20(4)5)21(25(6,23)24)16-10-9-14(2)15(3)13-16/h9-10,13,17H,7-8,11-12H2,1-6H3,(H,19,22)/t17-/m1/s1. The smallest absolute Gasteiger partial charge is 0.243 e. The highest BCUT2D eigenvalue weighted by molar-refractivity contribution is 7.92. The molecule has 6 nitrogen and oxygen atoms in total. The van der Waals surface area contributed by atoms with Gasteiger partial charge in [0.2, 0.25) is 15.9 Å². The molecule has 0 spiro atoms. The number of benzene rings is 1. The number of carbonyl (C=O) groups excluding carboxylic acids is 1. The molecule has 1 aromatic carbocycles. The van der Waals surface area contributed by atoms with Gasteiger partial charge in [0.15, 0.2) is 0 Å². The number of hydrogen-bond donors (Lipinski definition) is 1. The third-order valence-corrected chi connectivity index (χ3v) is 5.34. The zero-order valence-electron chi connectivity index (χ0n) is 16.2. The van der Waals surface area contributed by atoms with Gasteiger partial charge in [-0.3, -0.25) is 9.10 Å². The summed E-state index contributed by atoms with van der Waals surface area (Å²) in [5.41, 5.74) is 2.60. The Balaban J connectivity index is 3.02. The molecule has 0 aliphatic carbocycles. The van der Waals surface area contributed by atoms with Crippen LogP contribution < -0.4 is 9.62 Å². The highest BCUT2D eigenvalue weighted by atomic mass is 32.2. The largest absolute Gasteiger partial charge is 0.354 e. The number of nitrogens with zero attached hydrogens (tertiary/aromatic N) is 2. The second-order valence-electron chi connectivity index (χ2n) is 6.70. The minimum absolute atomic E-state index is 0.259. The molecule has 0 unspecified atom stereocenters. The number of nitrogens with one attached hydrogen (secondary N) is 1. The molecule has 142 valence electrons. The molecule has 0 radical (unpaired) electrons. The Kier molecular flexibility index (Phi) is 7.89. The Morgan fingerprint density at radius 3 is 2.32 bits per heavy atom. The summed E-state index contributed by atoms with van der Waals surface area (Å²) in [7, 11) is 0.364. The fraction of sp³-hybridized carbons (Fsp3) is 0.611. The van der Waals surface area contributed by atoms with E-state index < -0.39 is 16.1 Å². The van der Waals surface area contributed by atoms with Crippen LogP contribution >= 0.6 is 0 Å². The van der Waals surface area contributed by atoms with Gasteiger partial charge in [-0.15, -0.1) is 0 Å². The molecule has 0 heterocycles. The zero-order valence-corrected chi connectivity index (χ0v) is 17.0. The summed E-state index contributed by atoms with van der Waals surface area (Å²) in [5.74, 6) is -0.259. The first-order chi connectivity index (χ1) is 11.6. The Labute approximate surface area is 152 Å². The summed E-state index contributed by atoms with van der Waals surface area (Å²) >= 11 is 0. The second kappa shape index (κ2) is 9.20.